The monoisotopic (exact) mass is 510 g/mol. The molecule has 7 nitrogen and oxygen atoms in total. The van der Waals surface area contributed by atoms with Crippen molar-refractivity contribution in [3.63, 3.8) is 0 Å². The molecule has 1 aliphatic heterocycles. The van der Waals surface area contributed by atoms with Crippen LogP contribution in [0.4, 0.5) is 4.39 Å². The van der Waals surface area contributed by atoms with E-state index in [1.165, 1.54) is 24.3 Å². The highest BCUT2D eigenvalue weighted by Gasteiger charge is 2.43. The van der Waals surface area contributed by atoms with E-state index < -0.39 is 36.4 Å². The minimum atomic E-state index is -1.20. The van der Waals surface area contributed by atoms with Crippen LogP contribution in [0.2, 0.25) is 5.02 Å². The molecular formula is C27H24ClFN2O5. The number of amides is 2. The summed E-state index contributed by atoms with van der Waals surface area (Å²) >= 11 is 6.14. The van der Waals surface area contributed by atoms with Crippen LogP contribution in [0.1, 0.15) is 22.7 Å². The fraction of sp³-hybridized carbons (Fsp3) is 0.222. The fourth-order valence-electron chi connectivity index (χ4n) is 4.25. The van der Waals surface area contributed by atoms with Gasteiger partial charge >= 0.3 is 5.97 Å². The third-order valence-corrected chi connectivity index (χ3v) is 6.12. The van der Waals surface area contributed by atoms with E-state index in [1.807, 2.05) is 12.1 Å². The van der Waals surface area contributed by atoms with Crippen LogP contribution in [-0.2, 0) is 32.2 Å². The predicted molar refractivity (Wildman–Crippen MR) is 130 cm³/mol. The lowest BCUT2D eigenvalue weighted by molar-refractivity contribution is -0.172. The Balaban J connectivity index is 1.69. The summed E-state index contributed by atoms with van der Waals surface area (Å²) in [4.78, 5) is 41.1. The molecule has 0 aromatic heterocycles. The number of hydrogen-bond donors (Lipinski definition) is 1. The van der Waals surface area contributed by atoms with Gasteiger partial charge in [0.15, 0.2) is 6.10 Å². The van der Waals surface area contributed by atoms with Gasteiger partial charge in [0.1, 0.15) is 19.0 Å². The molecule has 2 atom stereocenters. The van der Waals surface area contributed by atoms with E-state index >= 15 is 0 Å². The van der Waals surface area contributed by atoms with Crippen LogP contribution in [0.25, 0.3) is 0 Å². The predicted octanol–water partition coefficient (Wildman–Crippen LogP) is 4.06. The van der Waals surface area contributed by atoms with Gasteiger partial charge in [-0.3, -0.25) is 14.4 Å². The largest absolute Gasteiger partial charge is 0.480 e. The molecule has 0 aliphatic carbocycles. The highest BCUT2D eigenvalue weighted by Crippen LogP contribution is 2.33. The standard InChI is InChI=1S/C27H24ClFN2O5/c28-21-8-4-5-19(13-21)15-31-23(32)17-36-26(25(31)20-6-2-1-3-7-20)27(35)30(16-24(33)34)14-18-9-11-22(29)12-10-18/h1-13,25-26H,14-17H2,(H,33,34)/t25-,26-/m1/s1. The van der Waals surface area contributed by atoms with Crippen molar-refractivity contribution in [2.24, 2.45) is 0 Å². The topological polar surface area (TPSA) is 87.1 Å². The van der Waals surface area contributed by atoms with Gasteiger partial charge in [-0.2, -0.15) is 0 Å². The first-order valence-corrected chi connectivity index (χ1v) is 11.6. The first kappa shape index (κ1) is 25.3. The molecule has 1 fully saturated rings. The van der Waals surface area contributed by atoms with Gasteiger partial charge in [-0.15, -0.1) is 0 Å². The molecule has 9 heteroatoms. The maximum atomic E-state index is 13.8. The molecule has 3 aromatic carbocycles. The molecule has 36 heavy (non-hydrogen) atoms. The smallest absolute Gasteiger partial charge is 0.323 e. The molecule has 0 radical (unpaired) electrons. The second kappa shape index (κ2) is 11.3. The van der Waals surface area contributed by atoms with Gasteiger partial charge in [0, 0.05) is 18.1 Å². The molecule has 0 unspecified atom stereocenters. The first-order chi connectivity index (χ1) is 17.3. The van der Waals surface area contributed by atoms with Crippen molar-refractivity contribution in [2.75, 3.05) is 13.2 Å². The van der Waals surface area contributed by atoms with Crippen LogP contribution in [0.5, 0.6) is 0 Å². The summed E-state index contributed by atoms with van der Waals surface area (Å²) in [6, 6.07) is 20.7. The molecule has 2 amide bonds. The third kappa shape index (κ3) is 6.08. The van der Waals surface area contributed by atoms with Crippen molar-refractivity contribution < 1.29 is 28.6 Å². The molecule has 0 saturated carbocycles. The Morgan fingerprint density at radius 3 is 2.42 bits per heavy atom. The van der Waals surface area contributed by atoms with Gasteiger partial charge in [-0.05, 0) is 41.0 Å². The first-order valence-electron chi connectivity index (χ1n) is 11.3. The van der Waals surface area contributed by atoms with E-state index in [2.05, 4.69) is 0 Å². The highest BCUT2D eigenvalue weighted by molar-refractivity contribution is 6.30. The Kier molecular flexibility index (Phi) is 7.97. The summed E-state index contributed by atoms with van der Waals surface area (Å²) in [5, 5.41) is 10.00. The number of carbonyl (C=O) groups is 3. The molecule has 1 heterocycles. The zero-order valence-corrected chi connectivity index (χ0v) is 20.0. The van der Waals surface area contributed by atoms with Crippen molar-refractivity contribution in [3.8, 4) is 0 Å². The number of carboxylic acid groups (broad SMARTS) is 1. The minimum Gasteiger partial charge on any atom is -0.480 e. The Morgan fingerprint density at radius 2 is 1.75 bits per heavy atom. The summed E-state index contributed by atoms with van der Waals surface area (Å²) < 4.78 is 19.1. The zero-order valence-electron chi connectivity index (χ0n) is 19.2. The van der Waals surface area contributed by atoms with Gasteiger partial charge < -0.3 is 19.6 Å². The van der Waals surface area contributed by atoms with E-state index in [9.17, 15) is 23.9 Å². The lowest BCUT2D eigenvalue weighted by atomic mass is 9.95. The summed E-state index contributed by atoms with van der Waals surface area (Å²) in [5.74, 6) is -2.54. The number of nitrogens with zero attached hydrogens (tertiary/aromatic N) is 2. The Hall–Kier alpha value is -3.75. The Bertz CT molecular complexity index is 1240. The third-order valence-electron chi connectivity index (χ3n) is 5.88. The molecule has 1 saturated heterocycles. The maximum absolute atomic E-state index is 13.8. The van der Waals surface area contributed by atoms with Gasteiger partial charge in [-0.1, -0.05) is 66.2 Å². The van der Waals surface area contributed by atoms with Crippen LogP contribution in [0, 0.1) is 5.82 Å². The lowest BCUT2D eigenvalue weighted by Crippen LogP contribution is -2.55. The van der Waals surface area contributed by atoms with Crippen LogP contribution < -0.4 is 0 Å². The minimum absolute atomic E-state index is 0.0605. The summed E-state index contributed by atoms with van der Waals surface area (Å²) in [6.07, 6.45) is -1.15. The molecule has 186 valence electrons. The molecular weight excluding hydrogens is 487 g/mol. The van der Waals surface area contributed by atoms with E-state index in [0.717, 1.165) is 10.5 Å². The van der Waals surface area contributed by atoms with Crippen LogP contribution in [0.15, 0.2) is 78.9 Å². The number of aliphatic carboxylic acids is 1. The second-order valence-electron chi connectivity index (χ2n) is 8.45. The molecule has 3 aromatic rings. The number of rotatable bonds is 8. The molecule has 0 bridgehead atoms. The SMILES string of the molecule is O=C(O)CN(Cc1ccc(F)cc1)C(=O)[C@@H]1OCC(=O)N(Cc2cccc(Cl)c2)[C@@H]1c1ccccc1. The average Bonchev–Trinajstić information content (AvgIpc) is 2.86. The van der Waals surface area contributed by atoms with Crippen LogP contribution >= 0.6 is 11.6 Å². The Labute approximate surface area is 212 Å². The normalized spacial score (nSPS) is 17.6. The number of hydrogen-bond acceptors (Lipinski definition) is 4. The number of ether oxygens (including phenoxy) is 1. The zero-order chi connectivity index (χ0) is 25.7. The van der Waals surface area contributed by atoms with Crippen molar-refractivity contribution in [2.45, 2.75) is 25.2 Å². The maximum Gasteiger partial charge on any atom is 0.323 e. The highest BCUT2D eigenvalue weighted by atomic mass is 35.5. The van der Waals surface area contributed by atoms with E-state index in [4.69, 9.17) is 16.3 Å². The quantitative estimate of drug-likeness (QED) is 0.494. The van der Waals surface area contributed by atoms with Crippen molar-refractivity contribution in [1.82, 2.24) is 9.80 Å². The summed E-state index contributed by atoms with van der Waals surface area (Å²) in [5.41, 5.74) is 2.01. The van der Waals surface area contributed by atoms with E-state index in [0.29, 0.717) is 16.1 Å². The van der Waals surface area contributed by atoms with Crippen molar-refractivity contribution >= 4 is 29.4 Å². The van der Waals surface area contributed by atoms with Crippen LogP contribution in [0.3, 0.4) is 0 Å². The van der Waals surface area contributed by atoms with Crippen LogP contribution in [-0.4, -0.2) is 51.9 Å². The summed E-state index contributed by atoms with van der Waals surface area (Å²) in [6.45, 7) is -0.796. The molecule has 0 spiro atoms. The number of morpholine rings is 1. The summed E-state index contributed by atoms with van der Waals surface area (Å²) in [7, 11) is 0. The van der Waals surface area contributed by atoms with E-state index in [-0.39, 0.29) is 25.6 Å². The number of benzene rings is 3. The Morgan fingerprint density at radius 1 is 1.03 bits per heavy atom. The van der Waals surface area contributed by atoms with Gasteiger partial charge in [0.05, 0.1) is 6.04 Å². The lowest BCUT2D eigenvalue weighted by Gasteiger charge is -2.42. The number of halogens is 2. The van der Waals surface area contributed by atoms with Gasteiger partial charge in [0.25, 0.3) is 5.91 Å². The van der Waals surface area contributed by atoms with Gasteiger partial charge in [0.2, 0.25) is 5.91 Å². The molecule has 1 N–H and O–H groups in total. The molecule has 1 aliphatic rings. The number of carboxylic acids is 1. The van der Waals surface area contributed by atoms with Gasteiger partial charge in [-0.25, -0.2) is 4.39 Å². The molecule has 4 rings (SSSR count). The number of carbonyl (C=O) groups excluding carboxylic acids is 2. The van der Waals surface area contributed by atoms with Crippen molar-refractivity contribution in [3.05, 3.63) is 106 Å². The fourth-order valence-corrected chi connectivity index (χ4v) is 4.46. The average molecular weight is 511 g/mol. The van der Waals surface area contributed by atoms with E-state index in [1.54, 1.807) is 47.4 Å². The van der Waals surface area contributed by atoms with Crippen molar-refractivity contribution in [1.29, 1.82) is 0 Å². The second-order valence-corrected chi connectivity index (χ2v) is 8.89.